The zero-order chi connectivity index (χ0) is 25.7. The lowest BCUT2D eigenvalue weighted by Crippen LogP contribution is -2.38. The number of benzene rings is 1. The van der Waals surface area contributed by atoms with Gasteiger partial charge in [-0.25, -0.2) is 4.68 Å². The molecular weight excluding hydrogens is 454 g/mol. The van der Waals surface area contributed by atoms with Crippen molar-refractivity contribution in [3.8, 4) is 5.69 Å². The van der Waals surface area contributed by atoms with Gasteiger partial charge in [-0.1, -0.05) is 31.9 Å². The number of hydrogen-bond acceptors (Lipinski definition) is 4. The van der Waals surface area contributed by atoms with Gasteiger partial charge in [-0.2, -0.15) is 5.10 Å². The van der Waals surface area contributed by atoms with Gasteiger partial charge >= 0.3 is 0 Å². The van der Waals surface area contributed by atoms with Crippen molar-refractivity contribution in [2.24, 2.45) is 0 Å². The fourth-order valence-electron chi connectivity index (χ4n) is 4.54. The maximum Gasteiger partial charge on any atom is 0.259 e. The molecule has 0 radical (unpaired) electrons. The highest BCUT2D eigenvalue weighted by molar-refractivity contribution is 5.99. The van der Waals surface area contributed by atoms with Crippen molar-refractivity contribution in [3.63, 3.8) is 0 Å². The molecule has 0 N–H and O–H groups in total. The molecule has 2 amide bonds. The van der Waals surface area contributed by atoms with Crippen LogP contribution in [0.1, 0.15) is 78.3 Å². The van der Waals surface area contributed by atoms with Gasteiger partial charge in [0.25, 0.3) is 11.8 Å². The van der Waals surface area contributed by atoms with Crippen LogP contribution in [0, 0.1) is 0 Å². The number of nitrogens with zero attached hydrogens (tertiary/aromatic N) is 5. The summed E-state index contributed by atoms with van der Waals surface area (Å²) in [7, 11) is 1.68. The number of carbonyl (C=O) groups excluding carboxylic acids is 2. The average molecular weight is 490 g/mol. The van der Waals surface area contributed by atoms with Gasteiger partial charge in [0.05, 0.1) is 5.69 Å². The summed E-state index contributed by atoms with van der Waals surface area (Å²) in [5.41, 5.74) is 1.48. The van der Waals surface area contributed by atoms with Crippen LogP contribution in [0.5, 0.6) is 0 Å². The van der Waals surface area contributed by atoms with Crippen LogP contribution in [0.4, 0.5) is 0 Å². The Kier molecular flexibility index (Phi) is 8.03. The van der Waals surface area contributed by atoms with Crippen molar-refractivity contribution in [1.29, 1.82) is 0 Å². The lowest BCUT2D eigenvalue weighted by Gasteiger charge is -2.23. The molecule has 1 aliphatic heterocycles. The quantitative estimate of drug-likeness (QED) is 0.496. The summed E-state index contributed by atoms with van der Waals surface area (Å²) < 4.78 is 3.61. The third-order valence-corrected chi connectivity index (χ3v) is 6.97. The van der Waals surface area contributed by atoms with Crippen molar-refractivity contribution in [1.82, 2.24) is 24.1 Å². The fraction of sp³-hybridized carbons (Fsp3) is 0.429. The molecule has 190 valence electrons. The van der Waals surface area contributed by atoms with Gasteiger partial charge in [-0.05, 0) is 49.9 Å². The molecule has 0 unspecified atom stereocenters. The van der Waals surface area contributed by atoms with Crippen LogP contribution in [0.2, 0.25) is 0 Å². The lowest BCUT2D eigenvalue weighted by atomic mass is 10.1. The molecule has 8 heteroatoms. The highest BCUT2D eigenvalue weighted by Gasteiger charge is 2.26. The maximum absolute atomic E-state index is 13.5. The summed E-state index contributed by atoms with van der Waals surface area (Å²) in [4.78, 5) is 43.6. The molecule has 1 atom stereocenters. The summed E-state index contributed by atoms with van der Waals surface area (Å²) in [5, 5.41) is 4.23. The fourth-order valence-corrected chi connectivity index (χ4v) is 4.54. The summed E-state index contributed by atoms with van der Waals surface area (Å²) in [5.74, 6) is -0.663. The minimum atomic E-state index is -0.491. The molecule has 0 saturated carbocycles. The number of pyridine rings is 1. The molecule has 1 aliphatic rings. The number of carbonyl (C=O) groups is 2. The first-order chi connectivity index (χ1) is 17.4. The highest BCUT2D eigenvalue weighted by Crippen LogP contribution is 2.17. The molecule has 3 aromatic rings. The molecule has 0 spiro atoms. The van der Waals surface area contributed by atoms with Crippen LogP contribution in [0.25, 0.3) is 5.69 Å². The molecule has 3 heterocycles. The van der Waals surface area contributed by atoms with E-state index in [9.17, 15) is 14.4 Å². The van der Waals surface area contributed by atoms with Crippen molar-refractivity contribution in [2.45, 2.75) is 58.5 Å². The molecule has 1 fully saturated rings. The monoisotopic (exact) mass is 489 g/mol. The normalized spacial score (nSPS) is 14.8. The summed E-state index contributed by atoms with van der Waals surface area (Å²) in [6.45, 7) is 5.69. The Bertz CT molecular complexity index is 1240. The van der Waals surface area contributed by atoms with E-state index >= 15 is 0 Å². The molecule has 8 nitrogen and oxygen atoms in total. The second-order valence-electron chi connectivity index (χ2n) is 9.60. The van der Waals surface area contributed by atoms with E-state index in [1.165, 1.54) is 4.90 Å². The molecule has 0 bridgehead atoms. The molecular formula is C28H35N5O3. The zero-order valence-electron chi connectivity index (χ0n) is 21.4. The highest BCUT2D eigenvalue weighted by atomic mass is 16.2. The van der Waals surface area contributed by atoms with Crippen molar-refractivity contribution < 1.29 is 9.59 Å². The summed E-state index contributed by atoms with van der Waals surface area (Å²) in [6, 6.07) is 9.68. The molecule has 4 rings (SSSR count). The van der Waals surface area contributed by atoms with Gasteiger partial charge in [-0.15, -0.1) is 0 Å². The second kappa shape index (κ2) is 11.4. The topological polar surface area (TPSA) is 80.4 Å². The van der Waals surface area contributed by atoms with E-state index < -0.39 is 11.3 Å². The molecule has 36 heavy (non-hydrogen) atoms. The van der Waals surface area contributed by atoms with Crippen molar-refractivity contribution >= 4 is 11.8 Å². The van der Waals surface area contributed by atoms with Gasteiger partial charge in [0.15, 0.2) is 0 Å². The van der Waals surface area contributed by atoms with Gasteiger partial charge in [-0.3, -0.25) is 14.4 Å². The third-order valence-electron chi connectivity index (χ3n) is 6.97. The minimum absolute atomic E-state index is 0.0339. The van der Waals surface area contributed by atoms with Crippen LogP contribution >= 0.6 is 0 Å². The van der Waals surface area contributed by atoms with E-state index in [-0.39, 0.29) is 23.1 Å². The number of aromatic nitrogens is 3. The lowest BCUT2D eigenvalue weighted by molar-refractivity contribution is 0.0758. The first-order valence-electron chi connectivity index (χ1n) is 12.8. The Morgan fingerprint density at radius 3 is 2.31 bits per heavy atom. The standard InChI is InChI=1S/C28H35N5O3/c1-4-21(2)32-19-24(26(34)25(20-32)28(36)31-15-7-5-6-8-16-31)27(35)30(3)18-22-10-12-23(13-11-22)33-17-9-14-29-33/h9-14,17,19-21H,4-8,15-16,18H2,1-3H3/t21-/m1/s1. The molecule has 1 saturated heterocycles. The zero-order valence-corrected chi connectivity index (χ0v) is 21.4. The van der Waals surface area contributed by atoms with Crippen molar-refractivity contribution in [3.05, 3.63) is 82.0 Å². The van der Waals surface area contributed by atoms with Gasteiger partial charge < -0.3 is 14.4 Å². The third kappa shape index (κ3) is 5.58. The minimum Gasteiger partial charge on any atom is -0.350 e. The van der Waals surface area contributed by atoms with E-state index in [0.717, 1.165) is 43.4 Å². The molecule has 0 aliphatic carbocycles. The SMILES string of the molecule is CC[C@@H](C)n1cc(C(=O)N(C)Cc2ccc(-n3cccn3)cc2)c(=O)c(C(=O)N2CCCCCC2)c1. The van der Waals surface area contributed by atoms with Crippen molar-refractivity contribution in [2.75, 3.05) is 20.1 Å². The number of amides is 2. The molecule has 2 aromatic heterocycles. The smallest absolute Gasteiger partial charge is 0.259 e. The van der Waals surface area contributed by atoms with E-state index in [1.807, 2.05) is 54.9 Å². The predicted octanol–water partition coefficient (Wildman–Crippen LogP) is 4.29. The Labute approximate surface area is 212 Å². The second-order valence-corrected chi connectivity index (χ2v) is 9.60. The Morgan fingerprint density at radius 2 is 1.69 bits per heavy atom. The average Bonchev–Trinajstić information content (AvgIpc) is 3.30. The number of rotatable bonds is 7. The Morgan fingerprint density at radius 1 is 1.03 bits per heavy atom. The van der Waals surface area contributed by atoms with Crippen LogP contribution < -0.4 is 5.43 Å². The first kappa shape index (κ1) is 25.4. The summed E-state index contributed by atoms with van der Waals surface area (Å²) in [6.07, 6.45) is 11.7. The van der Waals surface area contributed by atoms with Crippen LogP contribution in [0.15, 0.2) is 59.9 Å². The number of likely N-dealkylation sites (tertiary alicyclic amines) is 1. The van der Waals surface area contributed by atoms with Crippen LogP contribution in [-0.4, -0.2) is 56.1 Å². The molecule has 1 aromatic carbocycles. The van der Waals surface area contributed by atoms with E-state index in [1.54, 1.807) is 35.2 Å². The van der Waals surface area contributed by atoms with E-state index in [2.05, 4.69) is 5.10 Å². The Balaban J connectivity index is 1.60. The van der Waals surface area contributed by atoms with E-state index in [0.29, 0.717) is 19.6 Å². The van der Waals surface area contributed by atoms with Gasteiger partial charge in [0.2, 0.25) is 5.43 Å². The van der Waals surface area contributed by atoms with E-state index in [4.69, 9.17) is 0 Å². The number of hydrogen-bond donors (Lipinski definition) is 0. The maximum atomic E-state index is 13.5. The van der Waals surface area contributed by atoms with Crippen LogP contribution in [-0.2, 0) is 6.54 Å². The predicted molar refractivity (Wildman–Crippen MR) is 139 cm³/mol. The van der Waals surface area contributed by atoms with Gasteiger partial charge in [0.1, 0.15) is 11.1 Å². The first-order valence-corrected chi connectivity index (χ1v) is 12.8. The van der Waals surface area contributed by atoms with Gasteiger partial charge in [0, 0.05) is 57.5 Å². The van der Waals surface area contributed by atoms with Crippen LogP contribution in [0.3, 0.4) is 0 Å². The largest absolute Gasteiger partial charge is 0.350 e. The summed E-state index contributed by atoms with van der Waals surface area (Å²) >= 11 is 0. The Hall–Kier alpha value is -3.68.